The van der Waals surface area contributed by atoms with E-state index in [-0.39, 0.29) is 17.7 Å². The minimum Gasteiger partial charge on any atom is -0.444 e. The van der Waals surface area contributed by atoms with Crippen LogP contribution in [-0.2, 0) is 14.3 Å². The summed E-state index contributed by atoms with van der Waals surface area (Å²) in [5.74, 6) is -0.0474. The molecule has 0 rings (SSSR count). The van der Waals surface area contributed by atoms with Crippen LogP contribution in [0, 0.1) is 5.92 Å². The molecule has 0 aliphatic rings. The Morgan fingerprint density at radius 3 is 2.21 bits per heavy atom. The number of rotatable bonds is 9. The van der Waals surface area contributed by atoms with Gasteiger partial charge in [-0.2, -0.15) is 0 Å². The fraction of sp³-hybridized carbons (Fsp3) is 0.824. The molecule has 0 spiro atoms. The number of alkyl carbamates (subject to hydrolysis) is 1. The maximum Gasteiger partial charge on any atom is 0.408 e. The van der Waals surface area contributed by atoms with E-state index in [4.69, 9.17) is 4.74 Å². The van der Waals surface area contributed by atoms with Crippen LogP contribution >= 0.6 is 0 Å². The summed E-state index contributed by atoms with van der Waals surface area (Å²) in [4.78, 5) is 35.5. The molecule has 0 aliphatic heterocycles. The molecule has 140 valence electrons. The van der Waals surface area contributed by atoms with E-state index in [2.05, 4.69) is 16.0 Å². The van der Waals surface area contributed by atoms with Crippen LogP contribution in [0.3, 0.4) is 0 Å². The van der Waals surface area contributed by atoms with E-state index in [0.717, 1.165) is 0 Å². The van der Waals surface area contributed by atoms with Gasteiger partial charge in [-0.25, -0.2) is 4.79 Å². The van der Waals surface area contributed by atoms with Crippen molar-refractivity contribution in [1.82, 2.24) is 16.0 Å². The van der Waals surface area contributed by atoms with Gasteiger partial charge in [0.2, 0.25) is 11.8 Å². The predicted octanol–water partition coefficient (Wildman–Crippen LogP) is 1.96. The van der Waals surface area contributed by atoms with Crippen LogP contribution < -0.4 is 16.0 Å². The van der Waals surface area contributed by atoms with Crippen LogP contribution in [0.1, 0.15) is 60.8 Å². The zero-order valence-corrected chi connectivity index (χ0v) is 15.8. The third-order valence-corrected chi connectivity index (χ3v) is 2.97. The van der Waals surface area contributed by atoms with E-state index < -0.39 is 17.7 Å². The fourth-order valence-corrected chi connectivity index (χ4v) is 2.02. The summed E-state index contributed by atoms with van der Waals surface area (Å²) in [6.07, 6.45) is 0.827. The van der Waals surface area contributed by atoms with E-state index in [1.165, 1.54) is 0 Å². The average molecular weight is 343 g/mol. The predicted molar refractivity (Wildman–Crippen MR) is 93.5 cm³/mol. The van der Waals surface area contributed by atoms with Gasteiger partial charge in [-0.05, 0) is 46.5 Å². The molecule has 3 amide bonds. The Labute approximate surface area is 145 Å². The van der Waals surface area contributed by atoms with E-state index in [1.807, 2.05) is 20.8 Å². The monoisotopic (exact) mass is 343 g/mol. The van der Waals surface area contributed by atoms with E-state index >= 15 is 0 Å². The molecule has 0 aromatic heterocycles. The van der Waals surface area contributed by atoms with Crippen LogP contribution in [0.15, 0.2) is 0 Å². The molecule has 3 N–H and O–H groups in total. The Morgan fingerprint density at radius 2 is 1.71 bits per heavy atom. The SMILES string of the molecule is CCNC(=O)CCCNC(=O)[C@H](CC(C)C)NC(=O)OC(C)(C)C. The lowest BCUT2D eigenvalue weighted by Gasteiger charge is -2.24. The topological polar surface area (TPSA) is 96.5 Å². The summed E-state index contributed by atoms with van der Waals surface area (Å²) >= 11 is 0. The molecule has 0 bridgehead atoms. The molecule has 7 nitrogen and oxygen atoms in total. The molecule has 0 fully saturated rings. The van der Waals surface area contributed by atoms with Gasteiger partial charge in [0.15, 0.2) is 0 Å². The van der Waals surface area contributed by atoms with Gasteiger partial charge in [0.25, 0.3) is 0 Å². The van der Waals surface area contributed by atoms with Crippen molar-refractivity contribution in [2.45, 2.75) is 72.4 Å². The Balaban J connectivity index is 4.40. The van der Waals surface area contributed by atoms with Gasteiger partial charge in [0, 0.05) is 19.5 Å². The van der Waals surface area contributed by atoms with Crippen molar-refractivity contribution in [2.75, 3.05) is 13.1 Å². The summed E-state index contributed by atoms with van der Waals surface area (Å²) in [5, 5.41) is 8.09. The minimum atomic E-state index is -0.649. The second kappa shape index (κ2) is 10.9. The molecule has 0 saturated carbocycles. The Hall–Kier alpha value is -1.79. The first kappa shape index (κ1) is 22.2. The summed E-state index contributed by atoms with van der Waals surface area (Å²) in [7, 11) is 0. The van der Waals surface area contributed by atoms with Crippen molar-refractivity contribution in [3.05, 3.63) is 0 Å². The molecule has 0 aromatic rings. The van der Waals surface area contributed by atoms with Gasteiger partial charge >= 0.3 is 6.09 Å². The van der Waals surface area contributed by atoms with Crippen LogP contribution in [0.25, 0.3) is 0 Å². The molecular weight excluding hydrogens is 310 g/mol. The molecule has 24 heavy (non-hydrogen) atoms. The standard InChI is InChI=1S/C17H33N3O4/c1-7-18-14(21)9-8-10-19-15(22)13(11-12(2)3)20-16(23)24-17(4,5)6/h12-13H,7-11H2,1-6H3,(H,18,21)(H,19,22)(H,20,23)/t13-/m0/s1. The highest BCUT2D eigenvalue weighted by Crippen LogP contribution is 2.09. The number of carbonyl (C=O) groups is 3. The van der Waals surface area contributed by atoms with Crippen LogP contribution in [0.4, 0.5) is 4.79 Å². The van der Waals surface area contributed by atoms with Crippen molar-refractivity contribution in [2.24, 2.45) is 5.92 Å². The van der Waals surface area contributed by atoms with Crippen LogP contribution in [-0.4, -0.2) is 42.6 Å². The molecule has 1 atom stereocenters. The number of amides is 3. The number of ether oxygens (including phenoxy) is 1. The van der Waals surface area contributed by atoms with E-state index in [0.29, 0.717) is 32.4 Å². The number of hydrogen-bond donors (Lipinski definition) is 3. The maximum absolute atomic E-state index is 12.3. The Morgan fingerprint density at radius 1 is 1.08 bits per heavy atom. The molecular formula is C17H33N3O4. The summed E-state index contributed by atoms with van der Waals surface area (Å²) in [6.45, 7) is 12.1. The lowest BCUT2D eigenvalue weighted by molar-refractivity contribution is -0.124. The number of hydrogen-bond acceptors (Lipinski definition) is 4. The zero-order chi connectivity index (χ0) is 18.8. The van der Waals surface area contributed by atoms with Crippen molar-refractivity contribution in [1.29, 1.82) is 0 Å². The quantitative estimate of drug-likeness (QED) is 0.558. The van der Waals surface area contributed by atoms with Gasteiger partial charge in [-0.3, -0.25) is 9.59 Å². The summed E-state index contributed by atoms with van der Waals surface area (Å²) < 4.78 is 5.20. The highest BCUT2D eigenvalue weighted by atomic mass is 16.6. The van der Waals surface area contributed by atoms with E-state index in [1.54, 1.807) is 20.8 Å². The molecule has 0 heterocycles. The second-order valence-corrected chi connectivity index (χ2v) is 7.18. The third kappa shape index (κ3) is 11.7. The zero-order valence-electron chi connectivity index (χ0n) is 15.8. The maximum atomic E-state index is 12.3. The molecule has 0 unspecified atom stereocenters. The number of carbonyl (C=O) groups excluding carboxylic acids is 3. The normalized spacial score (nSPS) is 12.5. The van der Waals surface area contributed by atoms with Crippen molar-refractivity contribution < 1.29 is 19.1 Å². The highest BCUT2D eigenvalue weighted by Gasteiger charge is 2.24. The van der Waals surface area contributed by atoms with Gasteiger partial charge in [0.1, 0.15) is 11.6 Å². The first-order chi connectivity index (χ1) is 11.0. The van der Waals surface area contributed by atoms with Crippen molar-refractivity contribution >= 4 is 17.9 Å². The Kier molecular flexibility index (Phi) is 10.1. The van der Waals surface area contributed by atoms with Crippen molar-refractivity contribution in [3.63, 3.8) is 0 Å². The highest BCUT2D eigenvalue weighted by molar-refractivity contribution is 5.85. The molecule has 0 saturated heterocycles. The van der Waals surface area contributed by atoms with Gasteiger partial charge < -0.3 is 20.7 Å². The van der Waals surface area contributed by atoms with Gasteiger partial charge in [-0.1, -0.05) is 13.8 Å². The molecule has 7 heteroatoms. The average Bonchev–Trinajstić information content (AvgIpc) is 2.40. The smallest absolute Gasteiger partial charge is 0.408 e. The largest absolute Gasteiger partial charge is 0.444 e. The molecule has 0 aliphatic carbocycles. The summed E-state index contributed by atoms with van der Waals surface area (Å²) in [6, 6.07) is -0.649. The third-order valence-electron chi connectivity index (χ3n) is 2.97. The first-order valence-corrected chi connectivity index (χ1v) is 8.59. The first-order valence-electron chi connectivity index (χ1n) is 8.59. The Bertz CT molecular complexity index is 417. The van der Waals surface area contributed by atoms with Crippen LogP contribution in [0.2, 0.25) is 0 Å². The lowest BCUT2D eigenvalue weighted by Crippen LogP contribution is -2.49. The van der Waals surface area contributed by atoms with E-state index in [9.17, 15) is 14.4 Å². The minimum absolute atomic E-state index is 0.0302. The summed E-state index contributed by atoms with van der Waals surface area (Å²) in [5.41, 5.74) is -0.615. The van der Waals surface area contributed by atoms with Gasteiger partial charge in [0.05, 0.1) is 0 Å². The van der Waals surface area contributed by atoms with Gasteiger partial charge in [-0.15, -0.1) is 0 Å². The fourth-order valence-electron chi connectivity index (χ4n) is 2.02. The number of nitrogens with one attached hydrogen (secondary N) is 3. The second-order valence-electron chi connectivity index (χ2n) is 7.18. The molecule has 0 radical (unpaired) electrons. The molecule has 0 aromatic carbocycles. The lowest BCUT2D eigenvalue weighted by atomic mass is 10.0. The van der Waals surface area contributed by atoms with Crippen LogP contribution in [0.5, 0.6) is 0 Å². The van der Waals surface area contributed by atoms with Crippen molar-refractivity contribution in [3.8, 4) is 0 Å².